The van der Waals surface area contributed by atoms with E-state index < -0.39 is 0 Å². The molecule has 0 aromatic heterocycles. The Morgan fingerprint density at radius 1 is 1.36 bits per heavy atom. The van der Waals surface area contributed by atoms with Crippen molar-refractivity contribution in [2.75, 3.05) is 39.3 Å². The van der Waals surface area contributed by atoms with Crippen LogP contribution >= 0.6 is 0 Å². The molecule has 14 heavy (non-hydrogen) atoms. The van der Waals surface area contributed by atoms with Crippen LogP contribution < -0.4 is 5.73 Å². The largest absolute Gasteiger partial charge is 0.330 e. The number of piperazine rings is 1. The summed E-state index contributed by atoms with van der Waals surface area (Å²) in [5.41, 5.74) is 5.66. The van der Waals surface area contributed by atoms with Gasteiger partial charge in [-0.2, -0.15) is 0 Å². The van der Waals surface area contributed by atoms with Gasteiger partial charge in [-0.3, -0.25) is 4.90 Å². The van der Waals surface area contributed by atoms with Crippen LogP contribution in [0.15, 0.2) is 0 Å². The van der Waals surface area contributed by atoms with E-state index in [0.29, 0.717) is 5.92 Å². The SMILES string of the molecule is CC(CN)CN1CCN2CCCC2C1. The molecule has 2 aliphatic heterocycles. The first kappa shape index (κ1) is 10.4. The van der Waals surface area contributed by atoms with Crippen LogP contribution in [0.3, 0.4) is 0 Å². The van der Waals surface area contributed by atoms with Crippen LogP contribution in [0.25, 0.3) is 0 Å². The Bertz CT molecular complexity index is 183. The van der Waals surface area contributed by atoms with Crippen LogP contribution in [0, 0.1) is 5.92 Å². The average molecular weight is 197 g/mol. The van der Waals surface area contributed by atoms with Crippen molar-refractivity contribution < 1.29 is 0 Å². The first-order chi connectivity index (χ1) is 6.79. The molecule has 2 N–H and O–H groups in total. The third-order valence-electron chi connectivity index (χ3n) is 3.64. The summed E-state index contributed by atoms with van der Waals surface area (Å²) in [5.74, 6) is 0.656. The van der Waals surface area contributed by atoms with Gasteiger partial charge in [-0.15, -0.1) is 0 Å². The highest BCUT2D eigenvalue weighted by Gasteiger charge is 2.30. The molecule has 0 spiro atoms. The van der Waals surface area contributed by atoms with Gasteiger partial charge in [0.15, 0.2) is 0 Å². The van der Waals surface area contributed by atoms with Crippen LogP contribution in [-0.4, -0.2) is 55.1 Å². The second kappa shape index (κ2) is 4.60. The van der Waals surface area contributed by atoms with Gasteiger partial charge in [0.05, 0.1) is 0 Å². The molecule has 0 bridgehead atoms. The zero-order valence-electron chi connectivity index (χ0n) is 9.28. The molecule has 0 aromatic rings. The highest BCUT2D eigenvalue weighted by atomic mass is 15.3. The van der Waals surface area contributed by atoms with E-state index in [4.69, 9.17) is 5.73 Å². The molecular weight excluding hydrogens is 174 g/mol. The summed E-state index contributed by atoms with van der Waals surface area (Å²) in [7, 11) is 0. The van der Waals surface area contributed by atoms with E-state index in [-0.39, 0.29) is 0 Å². The van der Waals surface area contributed by atoms with Crippen LogP contribution in [0.4, 0.5) is 0 Å². The molecule has 3 heteroatoms. The van der Waals surface area contributed by atoms with Crippen molar-refractivity contribution in [3.8, 4) is 0 Å². The zero-order valence-corrected chi connectivity index (χ0v) is 9.28. The lowest BCUT2D eigenvalue weighted by Gasteiger charge is -2.38. The monoisotopic (exact) mass is 197 g/mol. The van der Waals surface area contributed by atoms with E-state index in [1.54, 1.807) is 0 Å². The van der Waals surface area contributed by atoms with Gasteiger partial charge in [0.25, 0.3) is 0 Å². The molecule has 2 aliphatic rings. The smallest absolute Gasteiger partial charge is 0.0224 e. The number of fused-ring (bicyclic) bond motifs is 1. The molecule has 82 valence electrons. The summed E-state index contributed by atoms with van der Waals surface area (Å²) in [4.78, 5) is 5.26. The van der Waals surface area contributed by atoms with Crippen LogP contribution in [-0.2, 0) is 0 Å². The van der Waals surface area contributed by atoms with Gasteiger partial charge in [0.1, 0.15) is 0 Å². The minimum Gasteiger partial charge on any atom is -0.330 e. The predicted octanol–water partition coefficient (Wildman–Crippen LogP) is 0.361. The molecule has 3 nitrogen and oxygen atoms in total. The molecule has 0 amide bonds. The Morgan fingerprint density at radius 2 is 2.21 bits per heavy atom. The highest BCUT2D eigenvalue weighted by Crippen LogP contribution is 2.21. The molecule has 2 saturated heterocycles. The van der Waals surface area contributed by atoms with Crippen molar-refractivity contribution >= 4 is 0 Å². The summed E-state index contributed by atoms with van der Waals surface area (Å²) >= 11 is 0. The van der Waals surface area contributed by atoms with Crippen molar-refractivity contribution in [1.29, 1.82) is 0 Å². The number of nitrogens with zero attached hydrogens (tertiary/aromatic N) is 2. The maximum Gasteiger partial charge on any atom is 0.0224 e. The summed E-state index contributed by atoms with van der Waals surface area (Å²) in [6.07, 6.45) is 2.82. The summed E-state index contributed by atoms with van der Waals surface area (Å²) in [6, 6.07) is 0.855. The van der Waals surface area contributed by atoms with E-state index in [0.717, 1.165) is 12.6 Å². The number of rotatable bonds is 3. The van der Waals surface area contributed by atoms with Crippen LogP contribution in [0.2, 0.25) is 0 Å². The lowest BCUT2D eigenvalue weighted by molar-refractivity contribution is 0.0946. The van der Waals surface area contributed by atoms with E-state index in [9.17, 15) is 0 Å². The molecule has 0 aromatic carbocycles. The Labute approximate surface area is 87.2 Å². The molecule has 2 heterocycles. The lowest BCUT2D eigenvalue weighted by Crippen LogP contribution is -2.51. The standard InChI is InChI=1S/C11H23N3/c1-10(7-12)8-13-5-6-14-4-2-3-11(14)9-13/h10-11H,2-9,12H2,1H3. The first-order valence-corrected chi connectivity index (χ1v) is 5.96. The van der Waals surface area contributed by atoms with E-state index in [1.807, 2.05) is 0 Å². The second-order valence-corrected chi connectivity index (χ2v) is 4.93. The maximum absolute atomic E-state index is 5.66. The van der Waals surface area contributed by atoms with Crippen molar-refractivity contribution in [3.63, 3.8) is 0 Å². The fourth-order valence-electron chi connectivity index (χ4n) is 2.74. The molecule has 0 saturated carbocycles. The predicted molar refractivity (Wildman–Crippen MR) is 59.3 cm³/mol. The molecule has 2 atom stereocenters. The average Bonchev–Trinajstić information content (AvgIpc) is 2.64. The third kappa shape index (κ3) is 2.27. The Hall–Kier alpha value is -0.120. The lowest BCUT2D eigenvalue weighted by atomic mass is 10.1. The fourth-order valence-corrected chi connectivity index (χ4v) is 2.74. The topological polar surface area (TPSA) is 32.5 Å². The molecule has 2 fully saturated rings. The molecular formula is C11H23N3. The Morgan fingerprint density at radius 3 is 3.00 bits per heavy atom. The number of hydrogen-bond donors (Lipinski definition) is 1. The zero-order chi connectivity index (χ0) is 9.97. The second-order valence-electron chi connectivity index (χ2n) is 4.93. The van der Waals surface area contributed by atoms with Gasteiger partial charge in [0, 0.05) is 32.2 Å². The third-order valence-corrected chi connectivity index (χ3v) is 3.64. The van der Waals surface area contributed by atoms with E-state index in [1.165, 1.54) is 45.6 Å². The minimum absolute atomic E-state index is 0.656. The highest BCUT2D eigenvalue weighted by molar-refractivity contribution is 4.87. The molecule has 2 unspecified atom stereocenters. The van der Waals surface area contributed by atoms with Gasteiger partial charge in [-0.1, -0.05) is 6.92 Å². The Balaban J connectivity index is 1.79. The number of hydrogen-bond acceptors (Lipinski definition) is 3. The van der Waals surface area contributed by atoms with Gasteiger partial charge in [-0.25, -0.2) is 0 Å². The normalized spacial score (nSPS) is 31.7. The van der Waals surface area contributed by atoms with Gasteiger partial charge < -0.3 is 10.6 Å². The molecule has 0 radical (unpaired) electrons. The first-order valence-electron chi connectivity index (χ1n) is 5.96. The fraction of sp³-hybridized carbons (Fsp3) is 1.00. The van der Waals surface area contributed by atoms with Crippen molar-refractivity contribution in [1.82, 2.24) is 9.80 Å². The molecule has 2 rings (SSSR count). The van der Waals surface area contributed by atoms with Crippen LogP contribution in [0.1, 0.15) is 19.8 Å². The van der Waals surface area contributed by atoms with Gasteiger partial charge >= 0.3 is 0 Å². The van der Waals surface area contributed by atoms with E-state index in [2.05, 4.69) is 16.7 Å². The Kier molecular flexibility index (Phi) is 3.42. The molecule has 0 aliphatic carbocycles. The summed E-state index contributed by atoms with van der Waals surface area (Å²) in [5, 5.41) is 0. The van der Waals surface area contributed by atoms with Gasteiger partial charge in [-0.05, 0) is 31.8 Å². The van der Waals surface area contributed by atoms with Crippen molar-refractivity contribution in [3.05, 3.63) is 0 Å². The summed E-state index contributed by atoms with van der Waals surface area (Å²) in [6.45, 7) is 9.42. The van der Waals surface area contributed by atoms with Crippen molar-refractivity contribution in [2.45, 2.75) is 25.8 Å². The van der Waals surface area contributed by atoms with Crippen LogP contribution in [0.5, 0.6) is 0 Å². The minimum atomic E-state index is 0.656. The van der Waals surface area contributed by atoms with Gasteiger partial charge in [0.2, 0.25) is 0 Å². The van der Waals surface area contributed by atoms with Crippen molar-refractivity contribution in [2.24, 2.45) is 11.7 Å². The number of nitrogens with two attached hydrogens (primary N) is 1. The maximum atomic E-state index is 5.66. The van der Waals surface area contributed by atoms with E-state index >= 15 is 0 Å². The summed E-state index contributed by atoms with van der Waals surface area (Å²) < 4.78 is 0. The quantitative estimate of drug-likeness (QED) is 0.709.